The quantitative estimate of drug-likeness (QED) is 0.874. The standard InChI is InChI=1S/C15H22BrClN2/c1-15(2,3)14-9-18-6-7-19(14)10-11-4-5-12(16)8-13(11)17/h4-5,8,14,18H,6-7,9-10H2,1-3H3. The van der Waals surface area contributed by atoms with Gasteiger partial charge in [0, 0.05) is 41.7 Å². The maximum Gasteiger partial charge on any atom is 0.0462 e. The predicted molar refractivity (Wildman–Crippen MR) is 85.7 cm³/mol. The molecular formula is C15H22BrClN2. The van der Waals surface area contributed by atoms with Gasteiger partial charge in [-0.1, -0.05) is 54.4 Å². The highest BCUT2D eigenvalue weighted by molar-refractivity contribution is 9.10. The van der Waals surface area contributed by atoms with Crippen molar-refractivity contribution in [2.75, 3.05) is 19.6 Å². The molecule has 0 saturated carbocycles. The average Bonchev–Trinajstić information content (AvgIpc) is 2.32. The summed E-state index contributed by atoms with van der Waals surface area (Å²) in [6.07, 6.45) is 0. The van der Waals surface area contributed by atoms with E-state index in [1.807, 2.05) is 6.07 Å². The second-order valence-electron chi connectivity index (χ2n) is 6.29. The van der Waals surface area contributed by atoms with Gasteiger partial charge in [0.25, 0.3) is 0 Å². The number of nitrogens with one attached hydrogen (secondary N) is 1. The molecule has 1 N–H and O–H groups in total. The Morgan fingerprint density at radius 2 is 2.16 bits per heavy atom. The van der Waals surface area contributed by atoms with Crippen molar-refractivity contribution in [3.63, 3.8) is 0 Å². The van der Waals surface area contributed by atoms with E-state index in [4.69, 9.17) is 11.6 Å². The number of benzene rings is 1. The highest BCUT2D eigenvalue weighted by Crippen LogP contribution is 2.29. The molecule has 0 aliphatic carbocycles. The molecule has 0 spiro atoms. The van der Waals surface area contributed by atoms with Gasteiger partial charge in [-0.05, 0) is 23.1 Å². The van der Waals surface area contributed by atoms with Crippen molar-refractivity contribution in [1.82, 2.24) is 10.2 Å². The largest absolute Gasteiger partial charge is 0.314 e. The van der Waals surface area contributed by atoms with Crippen LogP contribution in [0.1, 0.15) is 26.3 Å². The Morgan fingerprint density at radius 1 is 1.42 bits per heavy atom. The van der Waals surface area contributed by atoms with Crippen LogP contribution >= 0.6 is 27.5 Å². The molecule has 1 fully saturated rings. The predicted octanol–water partition coefficient (Wildman–Crippen LogP) is 3.92. The van der Waals surface area contributed by atoms with Crippen LogP contribution < -0.4 is 5.32 Å². The molecule has 19 heavy (non-hydrogen) atoms. The lowest BCUT2D eigenvalue weighted by Gasteiger charge is -2.43. The smallest absolute Gasteiger partial charge is 0.0462 e. The topological polar surface area (TPSA) is 15.3 Å². The summed E-state index contributed by atoms with van der Waals surface area (Å²) in [6.45, 7) is 11.0. The number of piperazine rings is 1. The molecule has 2 nitrogen and oxygen atoms in total. The van der Waals surface area contributed by atoms with E-state index in [2.05, 4.69) is 59.1 Å². The minimum atomic E-state index is 0.273. The van der Waals surface area contributed by atoms with Crippen molar-refractivity contribution in [3.8, 4) is 0 Å². The fourth-order valence-corrected chi connectivity index (χ4v) is 3.39. The molecule has 1 saturated heterocycles. The fourth-order valence-electron chi connectivity index (χ4n) is 2.66. The van der Waals surface area contributed by atoms with Crippen LogP contribution in [0.25, 0.3) is 0 Å². The number of halogens is 2. The van der Waals surface area contributed by atoms with E-state index < -0.39 is 0 Å². The summed E-state index contributed by atoms with van der Waals surface area (Å²) >= 11 is 9.80. The maximum absolute atomic E-state index is 6.34. The van der Waals surface area contributed by atoms with Crippen molar-refractivity contribution in [1.29, 1.82) is 0 Å². The van der Waals surface area contributed by atoms with E-state index in [1.54, 1.807) is 0 Å². The van der Waals surface area contributed by atoms with Gasteiger partial charge < -0.3 is 5.32 Å². The van der Waals surface area contributed by atoms with Gasteiger partial charge in [0.1, 0.15) is 0 Å². The van der Waals surface area contributed by atoms with Crippen molar-refractivity contribution in [2.24, 2.45) is 5.41 Å². The molecule has 1 aliphatic heterocycles. The Morgan fingerprint density at radius 3 is 2.79 bits per heavy atom. The second-order valence-corrected chi connectivity index (χ2v) is 7.62. The Kier molecular flexibility index (Phi) is 4.93. The number of nitrogens with zero attached hydrogens (tertiary/aromatic N) is 1. The summed E-state index contributed by atoms with van der Waals surface area (Å²) in [5.41, 5.74) is 1.48. The highest BCUT2D eigenvalue weighted by atomic mass is 79.9. The third-order valence-electron chi connectivity index (χ3n) is 3.74. The van der Waals surface area contributed by atoms with E-state index in [9.17, 15) is 0 Å². The molecule has 1 heterocycles. The fraction of sp³-hybridized carbons (Fsp3) is 0.600. The lowest BCUT2D eigenvalue weighted by Crippen LogP contribution is -2.56. The average molecular weight is 346 g/mol. The summed E-state index contributed by atoms with van der Waals surface area (Å²) < 4.78 is 1.04. The Hall–Kier alpha value is -0.0900. The molecular weight excluding hydrogens is 324 g/mol. The van der Waals surface area contributed by atoms with Crippen molar-refractivity contribution in [2.45, 2.75) is 33.4 Å². The number of hydrogen-bond donors (Lipinski definition) is 1. The van der Waals surface area contributed by atoms with Crippen LogP contribution in [0.3, 0.4) is 0 Å². The van der Waals surface area contributed by atoms with Crippen molar-refractivity contribution < 1.29 is 0 Å². The van der Waals surface area contributed by atoms with Crippen LogP contribution in [-0.4, -0.2) is 30.6 Å². The summed E-state index contributed by atoms with van der Waals surface area (Å²) in [7, 11) is 0. The zero-order chi connectivity index (χ0) is 14.0. The molecule has 1 atom stereocenters. The number of hydrogen-bond acceptors (Lipinski definition) is 2. The monoisotopic (exact) mass is 344 g/mol. The maximum atomic E-state index is 6.34. The van der Waals surface area contributed by atoms with Crippen molar-refractivity contribution >= 4 is 27.5 Å². The first-order valence-electron chi connectivity index (χ1n) is 6.76. The molecule has 4 heteroatoms. The molecule has 1 aromatic carbocycles. The van der Waals surface area contributed by atoms with E-state index in [-0.39, 0.29) is 5.41 Å². The van der Waals surface area contributed by atoms with E-state index in [0.29, 0.717) is 6.04 Å². The highest BCUT2D eigenvalue weighted by Gasteiger charge is 2.32. The molecule has 0 amide bonds. The van der Waals surface area contributed by atoms with Gasteiger partial charge in [0.15, 0.2) is 0 Å². The van der Waals surface area contributed by atoms with Crippen LogP contribution in [-0.2, 0) is 6.54 Å². The molecule has 0 bridgehead atoms. The molecule has 1 aromatic rings. The summed E-state index contributed by atoms with van der Waals surface area (Å²) in [6, 6.07) is 6.70. The number of rotatable bonds is 2. The second kappa shape index (κ2) is 6.13. The van der Waals surface area contributed by atoms with E-state index >= 15 is 0 Å². The minimum Gasteiger partial charge on any atom is -0.314 e. The van der Waals surface area contributed by atoms with Gasteiger partial charge in [-0.3, -0.25) is 4.90 Å². The van der Waals surface area contributed by atoms with Gasteiger partial charge in [0.2, 0.25) is 0 Å². The Balaban J connectivity index is 2.15. The summed E-state index contributed by atoms with van der Waals surface area (Å²) in [5.74, 6) is 0. The normalized spacial score (nSPS) is 21.6. The van der Waals surface area contributed by atoms with Crippen LogP contribution in [0.2, 0.25) is 5.02 Å². The molecule has 106 valence electrons. The van der Waals surface area contributed by atoms with Gasteiger partial charge >= 0.3 is 0 Å². The van der Waals surface area contributed by atoms with E-state index in [0.717, 1.165) is 35.7 Å². The van der Waals surface area contributed by atoms with Gasteiger partial charge in [-0.25, -0.2) is 0 Å². The first kappa shape index (κ1) is 15.3. The van der Waals surface area contributed by atoms with Crippen LogP contribution in [0.5, 0.6) is 0 Å². The zero-order valence-electron chi connectivity index (χ0n) is 11.8. The van der Waals surface area contributed by atoms with E-state index in [1.165, 1.54) is 5.56 Å². The summed E-state index contributed by atoms with van der Waals surface area (Å²) in [5, 5.41) is 4.35. The van der Waals surface area contributed by atoms with Crippen LogP contribution in [0, 0.1) is 5.41 Å². The Labute approximate surface area is 129 Å². The minimum absolute atomic E-state index is 0.273. The lowest BCUT2D eigenvalue weighted by atomic mass is 9.84. The first-order valence-corrected chi connectivity index (χ1v) is 7.94. The molecule has 2 rings (SSSR count). The van der Waals surface area contributed by atoms with Crippen molar-refractivity contribution in [3.05, 3.63) is 33.3 Å². The first-order chi connectivity index (χ1) is 8.88. The van der Waals surface area contributed by atoms with Gasteiger partial charge in [0.05, 0.1) is 0 Å². The molecule has 0 aromatic heterocycles. The Bertz CT molecular complexity index is 442. The molecule has 1 unspecified atom stereocenters. The molecule has 0 radical (unpaired) electrons. The van der Waals surface area contributed by atoms with Gasteiger partial charge in [-0.15, -0.1) is 0 Å². The third-order valence-corrected chi connectivity index (χ3v) is 4.59. The SMILES string of the molecule is CC(C)(C)C1CNCCN1Cc1ccc(Br)cc1Cl. The third kappa shape index (κ3) is 3.94. The lowest BCUT2D eigenvalue weighted by molar-refractivity contribution is 0.0689. The molecule has 1 aliphatic rings. The van der Waals surface area contributed by atoms with Crippen LogP contribution in [0.4, 0.5) is 0 Å². The zero-order valence-corrected chi connectivity index (χ0v) is 14.2. The van der Waals surface area contributed by atoms with Gasteiger partial charge in [-0.2, -0.15) is 0 Å². The van der Waals surface area contributed by atoms with Crippen LogP contribution in [0.15, 0.2) is 22.7 Å². The summed E-state index contributed by atoms with van der Waals surface area (Å²) in [4.78, 5) is 2.55.